The number of carbonyl (C=O) groups excluding carboxylic acids is 2. The summed E-state index contributed by atoms with van der Waals surface area (Å²) in [6.07, 6.45) is 1.14. The van der Waals surface area contributed by atoms with Crippen molar-refractivity contribution >= 4 is 39.1 Å². The second kappa shape index (κ2) is 6.77. The van der Waals surface area contributed by atoms with Gasteiger partial charge in [-0.05, 0) is 67.3 Å². The predicted molar refractivity (Wildman–Crippen MR) is 99.4 cm³/mol. The first-order valence-corrected chi connectivity index (χ1v) is 8.68. The van der Waals surface area contributed by atoms with Crippen LogP contribution in [0.25, 0.3) is 0 Å². The third kappa shape index (κ3) is 3.67. The van der Waals surface area contributed by atoms with Crippen molar-refractivity contribution in [2.24, 2.45) is 0 Å². The van der Waals surface area contributed by atoms with Gasteiger partial charge < -0.3 is 10.2 Å². The molecule has 1 heterocycles. The van der Waals surface area contributed by atoms with Crippen LogP contribution in [-0.2, 0) is 16.0 Å². The molecule has 0 aromatic heterocycles. The lowest BCUT2D eigenvalue weighted by Crippen LogP contribution is -2.40. The maximum atomic E-state index is 12.4. The zero-order valence-electron chi connectivity index (χ0n) is 13.7. The van der Waals surface area contributed by atoms with Crippen LogP contribution >= 0.6 is 15.9 Å². The number of nitrogens with zero attached hydrogens (tertiary/aromatic N) is 1. The van der Waals surface area contributed by atoms with E-state index < -0.39 is 0 Å². The van der Waals surface area contributed by atoms with E-state index in [4.69, 9.17) is 0 Å². The highest BCUT2D eigenvalue weighted by Gasteiger charge is 2.26. The molecule has 0 bridgehead atoms. The van der Waals surface area contributed by atoms with Crippen molar-refractivity contribution < 1.29 is 9.59 Å². The smallest absolute Gasteiger partial charge is 0.244 e. The van der Waals surface area contributed by atoms with Crippen molar-refractivity contribution in [3.63, 3.8) is 0 Å². The Bertz CT molecular complexity index is 797. The number of fused-ring (bicyclic) bond motifs is 1. The predicted octanol–water partition coefficient (Wildman–Crippen LogP) is 3.98. The van der Waals surface area contributed by atoms with Crippen LogP contribution in [-0.4, -0.2) is 18.4 Å². The summed E-state index contributed by atoms with van der Waals surface area (Å²) < 4.78 is 0.982. The molecule has 2 aromatic carbocycles. The number of rotatable bonds is 3. The second-order valence-electron chi connectivity index (χ2n) is 6.18. The molecule has 0 atom stereocenters. The third-order valence-corrected chi connectivity index (χ3v) is 4.54. The number of aryl methyl sites for hydroxylation is 3. The minimum Gasteiger partial charge on any atom is -0.325 e. The fourth-order valence-corrected chi connectivity index (χ4v) is 3.50. The molecule has 2 amide bonds. The average Bonchev–Trinajstić information content (AvgIpc) is 2.49. The van der Waals surface area contributed by atoms with Gasteiger partial charge in [0.25, 0.3) is 0 Å². The Kier molecular flexibility index (Phi) is 4.71. The van der Waals surface area contributed by atoms with Gasteiger partial charge in [-0.15, -0.1) is 0 Å². The molecule has 0 saturated carbocycles. The zero-order chi connectivity index (χ0) is 17.3. The number of amides is 2. The van der Waals surface area contributed by atoms with Crippen LogP contribution in [0.2, 0.25) is 0 Å². The molecule has 2 aromatic rings. The molecular formula is C19H19BrN2O2. The molecule has 0 spiro atoms. The summed E-state index contributed by atoms with van der Waals surface area (Å²) in [4.78, 5) is 26.3. The number of hydrogen-bond acceptors (Lipinski definition) is 2. The van der Waals surface area contributed by atoms with E-state index in [0.717, 1.165) is 32.5 Å². The van der Waals surface area contributed by atoms with Crippen molar-refractivity contribution in [3.05, 3.63) is 57.6 Å². The summed E-state index contributed by atoms with van der Waals surface area (Å²) in [5.74, 6) is -0.204. The van der Waals surface area contributed by atoms with Crippen LogP contribution in [0.4, 0.5) is 11.4 Å². The number of anilines is 2. The molecular weight excluding hydrogens is 368 g/mol. The Morgan fingerprint density at radius 2 is 1.83 bits per heavy atom. The molecule has 0 fully saturated rings. The van der Waals surface area contributed by atoms with Crippen LogP contribution in [0.15, 0.2) is 40.9 Å². The van der Waals surface area contributed by atoms with E-state index in [1.165, 1.54) is 0 Å². The highest BCUT2D eigenvalue weighted by Crippen LogP contribution is 2.30. The minimum atomic E-state index is -0.191. The number of benzene rings is 2. The van der Waals surface area contributed by atoms with Gasteiger partial charge in [0, 0.05) is 22.3 Å². The van der Waals surface area contributed by atoms with E-state index in [9.17, 15) is 9.59 Å². The molecule has 4 nitrogen and oxygen atoms in total. The molecule has 124 valence electrons. The fourth-order valence-electron chi connectivity index (χ4n) is 3.09. The molecule has 0 saturated heterocycles. The molecule has 5 heteroatoms. The second-order valence-corrected chi connectivity index (χ2v) is 7.09. The van der Waals surface area contributed by atoms with Crippen molar-refractivity contribution in [2.45, 2.75) is 26.7 Å². The highest BCUT2D eigenvalue weighted by atomic mass is 79.9. The summed E-state index contributed by atoms with van der Waals surface area (Å²) >= 11 is 3.45. The van der Waals surface area contributed by atoms with Gasteiger partial charge in [0.15, 0.2) is 0 Å². The molecule has 24 heavy (non-hydrogen) atoms. The first-order chi connectivity index (χ1) is 11.4. The molecule has 1 aliphatic heterocycles. The quantitative estimate of drug-likeness (QED) is 0.866. The standard InChI is InChI=1S/C19H19BrN2O2/c1-12-7-13(2)9-16(8-12)21-18(23)11-22-17-5-4-15(20)10-14(17)3-6-19(22)24/h4-5,7-10H,3,6,11H2,1-2H3,(H,21,23). The Hall–Kier alpha value is -2.14. The van der Waals surface area contributed by atoms with Crippen molar-refractivity contribution in [2.75, 3.05) is 16.8 Å². The molecule has 1 N–H and O–H groups in total. The van der Waals surface area contributed by atoms with E-state index in [0.29, 0.717) is 12.8 Å². The highest BCUT2D eigenvalue weighted by molar-refractivity contribution is 9.10. The van der Waals surface area contributed by atoms with Crippen molar-refractivity contribution in [3.8, 4) is 0 Å². The summed E-state index contributed by atoms with van der Waals surface area (Å²) in [5.41, 5.74) is 4.86. The van der Waals surface area contributed by atoms with Crippen LogP contribution in [0.1, 0.15) is 23.1 Å². The van der Waals surface area contributed by atoms with E-state index in [1.807, 2.05) is 44.2 Å². The van der Waals surface area contributed by atoms with E-state index in [1.54, 1.807) is 4.90 Å². The summed E-state index contributed by atoms with van der Waals surface area (Å²) in [5, 5.41) is 2.89. The van der Waals surface area contributed by atoms with Gasteiger partial charge >= 0.3 is 0 Å². The molecule has 0 unspecified atom stereocenters. The van der Waals surface area contributed by atoms with Gasteiger partial charge in [0.05, 0.1) is 0 Å². The third-order valence-electron chi connectivity index (χ3n) is 4.05. The lowest BCUT2D eigenvalue weighted by Gasteiger charge is -2.29. The maximum absolute atomic E-state index is 12.4. The van der Waals surface area contributed by atoms with Gasteiger partial charge in [0.1, 0.15) is 6.54 Å². The average molecular weight is 387 g/mol. The number of hydrogen-bond donors (Lipinski definition) is 1. The van der Waals surface area contributed by atoms with Crippen LogP contribution in [0.3, 0.4) is 0 Å². The zero-order valence-corrected chi connectivity index (χ0v) is 15.3. The Labute approximate surface area is 150 Å². The molecule has 1 aliphatic rings. The molecule has 0 aliphatic carbocycles. The maximum Gasteiger partial charge on any atom is 0.244 e. The van der Waals surface area contributed by atoms with E-state index >= 15 is 0 Å². The SMILES string of the molecule is Cc1cc(C)cc(NC(=O)CN2C(=O)CCc3cc(Br)ccc32)c1. The van der Waals surface area contributed by atoms with Crippen LogP contribution in [0.5, 0.6) is 0 Å². The lowest BCUT2D eigenvalue weighted by atomic mass is 10.0. The molecule has 3 rings (SSSR count). The van der Waals surface area contributed by atoms with Crippen molar-refractivity contribution in [1.29, 1.82) is 0 Å². The van der Waals surface area contributed by atoms with Gasteiger partial charge in [-0.2, -0.15) is 0 Å². The summed E-state index contributed by atoms with van der Waals surface area (Å²) in [7, 11) is 0. The van der Waals surface area contributed by atoms with Crippen LogP contribution < -0.4 is 10.2 Å². The Morgan fingerprint density at radius 1 is 1.12 bits per heavy atom. The number of nitrogens with one attached hydrogen (secondary N) is 1. The van der Waals surface area contributed by atoms with Gasteiger partial charge in [0.2, 0.25) is 11.8 Å². The van der Waals surface area contributed by atoms with Gasteiger partial charge in [-0.1, -0.05) is 22.0 Å². The van der Waals surface area contributed by atoms with Crippen molar-refractivity contribution in [1.82, 2.24) is 0 Å². The normalized spacial score (nSPS) is 13.6. The summed E-state index contributed by atoms with van der Waals surface area (Å²) in [6.45, 7) is 4.01. The first-order valence-electron chi connectivity index (χ1n) is 7.89. The first kappa shape index (κ1) is 16.7. The van der Waals surface area contributed by atoms with E-state index in [-0.39, 0.29) is 18.4 Å². The number of halogens is 1. The fraction of sp³-hybridized carbons (Fsp3) is 0.263. The monoisotopic (exact) mass is 386 g/mol. The topological polar surface area (TPSA) is 49.4 Å². The number of carbonyl (C=O) groups is 2. The van der Waals surface area contributed by atoms with E-state index in [2.05, 4.69) is 27.3 Å². The minimum absolute atomic E-state index is 0.0135. The summed E-state index contributed by atoms with van der Waals surface area (Å²) in [6, 6.07) is 11.7. The van der Waals surface area contributed by atoms with Crippen LogP contribution in [0, 0.1) is 13.8 Å². The lowest BCUT2D eigenvalue weighted by molar-refractivity contribution is -0.121. The Balaban J connectivity index is 1.78. The molecule has 0 radical (unpaired) electrons. The van der Waals surface area contributed by atoms with Gasteiger partial charge in [-0.25, -0.2) is 0 Å². The van der Waals surface area contributed by atoms with Gasteiger partial charge in [-0.3, -0.25) is 9.59 Å². The largest absolute Gasteiger partial charge is 0.325 e. The Morgan fingerprint density at radius 3 is 2.54 bits per heavy atom.